The molecule has 0 saturated carbocycles. The first kappa shape index (κ1) is 14.7. The third kappa shape index (κ3) is 2.61. The molecule has 1 aromatic heterocycles. The number of sulfone groups is 1. The van der Waals surface area contributed by atoms with Gasteiger partial charge in [-0.2, -0.15) is 0 Å². The average molecular weight is 312 g/mol. The van der Waals surface area contributed by atoms with Gasteiger partial charge < -0.3 is 5.32 Å². The molecule has 3 rings (SSSR count). The zero-order chi connectivity index (χ0) is 15.6. The normalized spacial score (nSPS) is 11.7. The molecule has 0 unspecified atom stereocenters. The van der Waals surface area contributed by atoms with E-state index in [1.807, 2.05) is 25.2 Å². The Balaban J connectivity index is 2.14. The van der Waals surface area contributed by atoms with E-state index in [1.165, 1.54) is 6.20 Å². The van der Waals surface area contributed by atoms with Crippen molar-refractivity contribution in [2.24, 2.45) is 0 Å². The maximum atomic E-state index is 12.6. The van der Waals surface area contributed by atoms with E-state index in [0.717, 1.165) is 16.5 Å². The van der Waals surface area contributed by atoms with E-state index in [0.29, 0.717) is 6.54 Å². The smallest absolute Gasteiger partial charge is 0.208 e. The molecule has 1 heterocycles. The van der Waals surface area contributed by atoms with Crippen molar-refractivity contribution in [3.63, 3.8) is 0 Å². The first-order valence-electron chi connectivity index (χ1n) is 6.95. The number of rotatable bonds is 4. The second kappa shape index (κ2) is 5.87. The molecule has 0 radical (unpaired) electrons. The molecule has 5 heteroatoms. The fourth-order valence-electron chi connectivity index (χ4n) is 2.42. The minimum Gasteiger partial charge on any atom is -0.316 e. The van der Waals surface area contributed by atoms with E-state index in [1.54, 1.807) is 36.4 Å². The summed E-state index contributed by atoms with van der Waals surface area (Å²) in [7, 11) is -1.67. The summed E-state index contributed by atoms with van der Waals surface area (Å²) in [5, 5.41) is 3.91. The van der Waals surface area contributed by atoms with Crippen molar-refractivity contribution in [3.8, 4) is 0 Å². The molecule has 4 nitrogen and oxygen atoms in total. The number of nitrogens with one attached hydrogen (secondary N) is 1. The molecule has 0 saturated heterocycles. The Labute approximate surface area is 129 Å². The van der Waals surface area contributed by atoms with Gasteiger partial charge in [0.2, 0.25) is 9.84 Å². The minimum atomic E-state index is -3.53. The van der Waals surface area contributed by atoms with Gasteiger partial charge in [-0.15, -0.1) is 0 Å². The molecule has 22 heavy (non-hydrogen) atoms. The lowest BCUT2D eigenvalue weighted by molar-refractivity contribution is 0.596. The van der Waals surface area contributed by atoms with Crippen LogP contribution in [0.15, 0.2) is 70.6 Å². The van der Waals surface area contributed by atoms with Gasteiger partial charge in [-0.3, -0.25) is 4.98 Å². The molecule has 0 atom stereocenters. The summed E-state index contributed by atoms with van der Waals surface area (Å²) >= 11 is 0. The third-order valence-corrected chi connectivity index (χ3v) is 5.24. The van der Waals surface area contributed by atoms with Crippen LogP contribution in [0.2, 0.25) is 0 Å². The SMILES string of the molecule is CNCc1cccc2cc(S(=O)(=O)c3ccccc3)cnc12. The van der Waals surface area contributed by atoms with Gasteiger partial charge in [0.25, 0.3) is 0 Å². The van der Waals surface area contributed by atoms with Crippen LogP contribution in [0, 0.1) is 0 Å². The van der Waals surface area contributed by atoms with Crippen molar-refractivity contribution in [1.82, 2.24) is 10.3 Å². The van der Waals surface area contributed by atoms with E-state index >= 15 is 0 Å². The molecule has 0 fully saturated rings. The lowest BCUT2D eigenvalue weighted by atomic mass is 10.1. The van der Waals surface area contributed by atoms with Gasteiger partial charge >= 0.3 is 0 Å². The second-order valence-electron chi connectivity index (χ2n) is 5.01. The number of aromatic nitrogens is 1. The van der Waals surface area contributed by atoms with Gasteiger partial charge in [0.15, 0.2) is 0 Å². The van der Waals surface area contributed by atoms with E-state index in [4.69, 9.17) is 0 Å². The maximum absolute atomic E-state index is 12.6. The highest BCUT2D eigenvalue weighted by Crippen LogP contribution is 2.24. The van der Waals surface area contributed by atoms with E-state index < -0.39 is 9.84 Å². The van der Waals surface area contributed by atoms with Gasteiger partial charge in [-0.05, 0) is 30.8 Å². The fraction of sp³-hybridized carbons (Fsp3) is 0.118. The largest absolute Gasteiger partial charge is 0.316 e. The van der Waals surface area contributed by atoms with Crippen LogP contribution in [-0.4, -0.2) is 20.4 Å². The van der Waals surface area contributed by atoms with Gasteiger partial charge in [-0.1, -0.05) is 36.4 Å². The van der Waals surface area contributed by atoms with E-state index in [-0.39, 0.29) is 9.79 Å². The third-order valence-electron chi connectivity index (χ3n) is 3.50. The Morgan fingerprint density at radius 3 is 2.50 bits per heavy atom. The molecule has 0 aliphatic rings. The molecule has 1 N–H and O–H groups in total. The summed E-state index contributed by atoms with van der Waals surface area (Å²) in [5.74, 6) is 0. The average Bonchev–Trinajstić information content (AvgIpc) is 2.56. The number of para-hydroxylation sites is 1. The number of benzene rings is 2. The van der Waals surface area contributed by atoms with Crippen LogP contribution < -0.4 is 5.32 Å². The van der Waals surface area contributed by atoms with Crippen LogP contribution in [-0.2, 0) is 16.4 Å². The molecule has 0 aliphatic heterocycles. The van der Waals surface area contributed by atoms with Crippen LogP contribution in [0.4, 0.5) is 0 Å². The topological polar surface area (TPSA) is 59.1 Å². The molecule has 0 bridgehead atoms. The zero-order valence-corrected chi connectivity index (χ0v) is 13.0. The minimum absolute atomic E-state index is 0.216. The van der Waals surface area contributed by atoms with Crippen LogP contribution in [0.25, 0.3) is 10.9 Å². The number of fused-ring (bicyclic) bond motifs is 1. The highest BCUT2D eigenvalue weighted by Gasteiger charge is 2.18. The summed E-state index contributed by atoms with van der Waals surface area (Å²) in [6.45, 7) is 0.690. The summed E-state index contributed by atoms with van der Waals surface area (Å²) < 4.78 is 25.3. The van der Waals surface area contributed by atoms with Crippen molar-refractivity contribution in [2.75, 3.05) is 7.05 Å². The predicted octanol–water partition coefficient (Wildman–Crippen LogP) is 2.79. The molecule has 0 spiro atoms. The highest BCUT2D eigenvalue weighted by molar-refractivity contribution is 7.91. The quantitative estimate of drug-likeness (QED) is 0.805. The molecule has 3 aromatic rings. The second-order valence-corrected chi connectivity index (χ2v) is 6.96. The monoisotopic (exact) mass is 312 g/mol. The van der Waals surface area contributed by atoms with Crippen molar-refractivity contribution in [1.29, 1.82) is 0 Å². The number of hydrogen-bond acceptors (Lipinski definition) is 4. The first-order chi connectivity index (χ1) is 10.6. The van der Waals surface area contributed by atoms with Crippen molar-refractivity contribution in [3.05, 3.63) is 66.4 Å². The van der Waals surface area contributed by atoms with Gasteiger partial charge in [-0.25, -0.2) is 8.42 Å². The standard InChI is InChI=1S/C17H16N2O2S/c1-18-11-14-7-5-6-13-10-16(12-19-17(13)14)22(20,21)15-8-3-2-4-9-15/h2-10,12,18H,11H2,1H3. The van der Waals surface area contributed by atoms with Gasteiger partial charge in [0, 0.05) is 18.1 Å². The Kier molecular flexibility index (Phi) is 3.92. The molecule has 112 valence electrons. The molecular weight excluding hydrogens is 296 g/mol. The predicted molar refractivity (Wildman–Crippen MR) is 86.4 cm³/mol. The summed E-state index contributed by atoms with van der Waals surface area (Å²) in [6, 6.07) is 15.9. The molecule has 2 aromatic carbocycles. The number of nitrogens with zero attached hydrogens (tertiary/aromatic N) is 1. The summed E-state index contributed by atoms with van der Waals surface area (Å²) in [4.78, 5) is 4.87. The van der Waals surface area contributed by atoms with Crippen LogP contribution in [0.5, 0.6) is 0 Å². The van der Waals surface area contributed by atoms with E-state index in [2.05, 4.69) is 10.3 Å². The number of pyridine rings is 1. The Bertz CT molecular complexity index is 906. The summed E-state index contributed by atoms with van der Waals surface area (Å²) in [6.07, 6.45) is 1.43. The zero-order valence-electron chi connectivity index (χ0n) is 12.2. The first-order valence-corrected chi connectivity index (χ1v) is 8.43. The maximum Gasteiger partial charge on any atom is 0.208 e. The van der Waals surface area contributed by atoms with E-state index in [9.17, 15) is 8.42 Å². The van der Waals surface area contributed by atoms with Crippen LogP contribution >= 0.6 is 0 Å². The lowest BCUT2D eigenvalue weighted by Gasteiger charge is -2.08. The van der Waals surface area contributed by atoms with Crippen LogP contribution in [0.3, 0.4) is 0 Å². The Morgan fingerprint density at radius 2 is 1.77 bits per heavy atom. The van der Waals surface area contributed by atoms with Gasteiger partial charge in [0.1, 0.15) is 0 Å². The van der Waals surface area contributed by atoms with Gasteiger partial charge in [0.05, 0.1) is 15.3 Å². The number of hydrogen-bond donors (Lipinski definition) is 1. The molecule has 0 amide bonds. The molecular formula is C17H16N2O2S. The Morgan fingerprint density at radius 1 is 1.00 bits per heavy atom. The highest BCUT2D eigenvalue weighted by atomic mass is 32.2. The Hall–Kier alpha value is -2.24. The fourth-order valence-corrected chi connectivity index (χ4v) is 3.68. The van der Waals surface area contributed by atoms with Crippen molar-refractivity contribution < 1.29 is 8.42 Å². The summed E-state index contributed by atoms with van der Waals surface area (Å²) in [5.41, 5.74) is 1.87. The van der Waals surface area contributed by atoms with Crippen molar-refractivity contribution >= 4 is 20.7 Å². The van der Waals surface area contributed by atoms with Crippen molar-refractivity contribution in [2.45, 2.75) is 16.3 Å². The molecule has 0 aliphatic carbocycles. The lowest BCUT2D eigenvalue weighted by Crippen LogP contribution is -2.07. The van der Waals surface area contributed by atoms with Crippen LogP contribution in [0.1, 0.15) is 5.56 Å².